The normalized spacial score (nSPS) is 10.7. The summed E-state index contributed by atoms with van der Waals surface area (Å²) >= 11 is 2.42. The highest BCUT2D eigenvalue weighted by Gasteiger charge is 2.12. The lowest BCUT2D eigenvalue weighted by Crippen LogP contribution is -1.90. The number of benzene rings is 1. The standard InChI is InChI=1S/C13H10F2O2S2/c1-7-8(4-12(19-7)13(16)17)6-18-11-3-2-9(14)5-10(11)15/h2-5H,6H2,1H3,(H,16,17). The molecule has 0 spiro atoms. The Kier molecular flexibility index (Phi) is 4.21. The van der Waals surface area contributed by atoms with Crippen LogP contribution >= 0.6 is 23.1 Å². The van der Waals surface area contributed by atoms with Gasteiger partial charge < -0.3 is 5.11 Å². The third kappa shape index (κ3) is 3.33. The third-order valence-corrected chi connectivity index (χ3v) is 4.69. The monoisotopic (exact) mass is 300 g/mol. The van der Waals surface area contributed by atoms with Crippen molar-refractivity contribution < 1.29 is 18.7 Å². The second-order valence-corrected chi connectivity index (χ2v) is 6.13. The van der Waals surface area contributed by atoms with E-state index in [2.05, 4.69) is 0 Å². The molecule has 2 nitrogen and oxygen atoms in total. The summed E-state index contributed by atoms with van der Waals surface area (Å²) in [5, 5.41) is 8.88. The molecule has 1 heterocycles. The molecular formula is C13H10F2O2S2. The maximum Gasteiger partial charge on any atom is 0.345 e. The van der Waals surface area contributed by atoms with E-state index in [0.717, 1.165) is 16.5 Å². The molecule has 0 saturated heterocycles. The van der Waals surface area contributed by atoms with Crippen molar-refractivity contribution in [2.75, 3.05) is 0 Å². The van der Waals surface area contributed by atoms with Gasteiger partial charge in [0.2, 0.25) is 0 Å². The van der Waals surface area contributed by atoms with Crippen LogP contribution in [0.25, 0.3) is 0 Å². The first-order valence-corrected chi connectivity index (χ1v) is 7.18. The van der Waals surface area contributed by atoms with Gasteiger partial charge in [0, 0.05) is 21.6 Å². The first-order chi connectivity index (χ1) is 8.97. The largest absolute Gasteiger partial charge is 0.477 e. The summed E-state index contributed by atoms with van der Waals surface area (Å²) in [6, 6.07) is 5.02. The Labute approximate surface area is 117 Å². The van der Waals surface area contributed by atoms with Crippen LogP contribution in [0.4, 0.5) is 8.78 Å². The number of hydrogen-bond acceptors (Lipinski definition) is 3. The molecule has 100 valence electrons. The number of thiophene rings is 1. The van der Waals surface area contributed by atoms with Crippen LogP contribution in [0.15, 0.2) is 29.2 Å². The van der Waals surface area contributed by atoms with Gasteiger partial charge in [-0.2, -0.15) is 0 Å². The van der Waals surface area contributed by atoms with E-state index in [-0.39, 0.29) is 4.88 Å². The van der Waals surface area contributed by atoms with E-state index in [1.165, 1.54) is 35.2 Å². The average Bonchev–Trinajstić information content (AvgIpc) is 2.70. The minimum absolute atomic E-state index is 0.271. The number of carbonyl (C=O) groups is 1. The van der Waals surface area contributed by atoms with E-state index < -0.39 is 17.6 Å². The van der Waals surface area contributed by atoms with Gasteiger partial charge in [0.15, 0.2) is 0 Å². The maximum atomic E-state index is 13.4. The first kappa shape index (κ1) is 14.0. The molecule has 0 aliphatic carbocycles. The fourth-order valence-electron chi connectivity index (χ4n) is 1.52. The summed E-state index contributed by atoms with van der Waals surface area (Å²) in [4.78, 5) is 12.4. The molecule has 0 aliphatic rings. The molecule has 0 aliphatic heterocycles. The predicted octanol–water partition coefficient (Wildman–Crippen LogP) is 4.33. The summed E-state index contributed by atoms with van der Waals surface area (Å²) < 4.78 is 26.2. The molecule has 1 aromatic heterocycles. The molecule has 19 heavy (non-hydrogen) atoms. The Hall–Kier alpha value is -1.40. The number of carboxylic acid groups (broad SMARTS) is 1. The number of thioether (sulfide) groups is 1. The van der Waals surface area contributed by atoms with Crippen molar-refractivity contribution in [2.24, 2.45) is 0 Å². The van der Waals surface area contributed by atoms with Crippen molar-refractivity contribution in [3.8, 4) is 0 Å². The zero-order chi connectivity index (χ0) is 14.0. The number of hydrogen-bond donors (Lipinski definition) is 1. The van der Waals surface area contributed by atoms with Crippen LogP contribution < -0.4 is 0 Å². The van der Waals surface area contributed by atoms with Gasteiger partial charge in [-0.3, -0.25) is 0 Å². The Morgan fingerprint density at radius 2 is 2.11 bits per heavy atom. The van der Waals surface area contributed by atoms with Crippen LogP contribution in [0.2, 0.25) is 0 Å². The van der Waals surface area contributed by atoms with Gasteiger partial charge in [0.1, 0.15) is 16.5 Å². The molecule has 0 bridgehead atoms. The lowest BCUT2D eigenvalue weighted by Gasteiger charge is -2.03. The molecule has 0 atom stereocenters. The van der Waals surface area contributed by atoms with Crippen molar-refractivity contribution in [2.45, 2.75) is 17.6 Å². The molecule has 0 unspecified atom stereocenters. The van der Waals surface area contributed by atoms with Crippen LogP contribution in [0, 0.1) is 18.6 Å². The number of aromatic carboxylic acids is 1. The van der Waals surface area contributed by atoms with Gasteiger partial charge in [-0.1, -0.05) is 0 Å². The summed E-state index contributed by atoms with van der Waals surface area (Å²) in [5.74, 6) is -1.71. The number of aryl methyl sites for hydroxylation is 1. The summed E-state index contributed by atoms with van der Waals surface area (Å²) in [6.07, 6.45) is 0. The Morgan fingerprint density at radius 3 is 2.68 bits per heavy atom. The molecule has 6 heteroatoms. The Bertz CT molecular complexity index is 623. The van der Waals surface area contributed by atoms with Crippen molar-refractivity contribution in [3.63, 3.8) is 0 Å². The van der Waals surface area contributed by atoms with E-state index in [9.17, 15) is 13.6 Å². The predicted molar refractivity (Wildman–Crippen MR) is 71.9 cm³/mol. The Morgan fingerprint density at radius 1 is 1.37 bits per heavy atom. The zero-order valence-corrected chi connectivity index (χ0v) is 11.6. The highest BCUT2D eigenvalue weighted by Crippen LogP contribution is 2.30. The van der Waals surface area contributed by atoms with E-state index >= 15 is 0 Å². The summed E-state index contributed by atoms with van der Waals surface area (Å²) in [6.45, 7) is 1.83. The zero-order valence-electron chi connectivity index (χ0n) is 9.94. The van der Waals surface area contributed by atoms with Crippen LogP contribution in [-0.4, -0.2) is 11.1 Å². The highest BCUT2D eigenvalue weighted by atomic mass is 32.2. The van der Waals surface area contributed by atoms with E-state index in [4.69, 9.17) is 5.11 Å². The number of rotatable bonds is 4. The number of carboxylic acids is 1. The van der Waals surface area contributed by atoms with E-state index in [1.54, 1.807) is 6.07 Å². The molecule has 1 aromatic carbocycles. The van der Waals surface area contributed by atoms with Crippen LogP contribution in [-0.2, 0) is 5.75 Å². The van der Waals surface area contributed by atoms with Gasteiger partial charge in [-0.05, 0) is 30.7 Å². The molecule has 0 amide bonds. The number of halogens is 2. The van der Waals surface area contributed by atoms with Gasteiger partial charge in [0.25, 0.3) is 0 Å². The van der Waals surface area contributed by atoms with Crippen molar-refractivity contribution in [1.82, 2.24) is 0 Å². The average molecular weight is 300 g/mol. The second-order valence-electron chi connectivity index (χ2n) is 3.86. The molecule has 1 N–H and O–H groups in total. The molecule has 2 rings (SSSR count). The topological polar surface area (TPSA) is 37.3 Å². The lowest BCUT2D eigenvalue weighted by molar-refractivity contribution is 0.0702. The van der Waals surface area contributed by atoms with Crippen molar-refractivity contribution in [3.05, 3.63) is 51.2 Å². The Balaban J connectivity index is 2.12. The first-order valence-electron chi connectivity index (χ1n) is 5.38. The fraction of sp³-hybridized carbons (Fsp3) is 0.154. The lowest BCUT2D eigenvalue weighted by atomic mass is 10.3. The fourth-order valence-corrected chi connectivity index (χ4v) is 3.46. The van der Waals surface area contributed by atoms with Gasteiger partial charge in [0.05, 0.1) is 0 Å². The molecule has 0 saturated carbocycles. The summed E-state index contributed by atoms with van der Waals surface area (Å²) in [7, 11) is 0. The van der Waals surface area contributed by atoms with E-state index in [1.807, 2.05) is 6.92 Å². The van der Waals surface area contributed by atoms with Crippen molar-refractivity contribution >= 4 is 29.1 Å². The SMILES string of the molecule is Cc1sc(C(=O)O)cc1CSc1ccc(F)cc1F. The third-order valence-electron chi connectivity index (χ3n) is 2.51. The minimum atomic E-state index is -0.961. The highest BCUT2D eigenvalue weighted by molar-refractivity contribution is 7.98. The molecule has 0 fully saturated rings. The quantitative estimate of drug-likeness (QED) is 0.854. The molecular weight excluding hydrogens is 290 g/mol. The van der Waals surface area contributed by atoms with Crippen LogP contribution in [0.5, 0.6) is 0 Å². The van der Waals surface area contributed by atoms with Gasteiger partial charge in [-0.25, -0.2) is 13.6 Å². The maximum absolute atomic E-state index is 13.4. The van der Waals surface area contributed by atoms with E-state index in [0.29, 0.717) is 10.6 Å². The molecule has 2 aromatic rings. The second kappa shape index (κ2) is 5.71. The van der Waals surface area contributed by atoms with Crippen LogP contribution in [0.3, 0.4) is 0 Å². The molecule has 0 radical (unpaired) electrons. The van der Waals surface area contributed by atoms with Crippen molar-refractivity contribution in [1.29, 1.82) is 0 Å². The summed E-state index contributed by atoms with van der Waals surface area (Å²) in [5.41, 5.74) is 0.858. The van der Waals surface area contributed by atoms with Gasteiger partial charge in [-0.15, -0.1) is 23.1 Å². The minimum Gasteiger partial charge on any atom is -0.477 e. The smallest absolute Gasteiger partial charge is 0.345 e. The van der Waals surface area contributed by atoms with Gasteiger partial charge >= 0.3 is 5.97 Å². The van der Waals surface area contributed by atoms with Crippen LogP contribution in [0.1, 0.15) is 20.1 Å².